The van der Waals surface area contributed by atoms with Gasteiger partial charge in [-0.2, -0.15) is 0 Å². The minimum atomic E-state index is 0.577. The fourth-order valence-corrected chi connectivity index (χ4v) is 2.59. The van der Waals surface area contributed by atoms with Gasteiger partial charge >= 0.3 is 0 Å². The van der Waals surface area contributed by atoms with Crippen LogP contribution < -0.4 is 10.1 Å². The average Bonchev–Trinajstić information content (AvgIpc) is 2.39. The van der Waals surface area contributed by atoms with Crippen LogP contribution in [-0.2, 0) is 0 Å². The molecule has 1 saturated heterocycles. The van der Waals surface area contributed by atoms with Gasteiger partial charge in [0.15, 0.2) is 0 Å². The molecule has 0 saturated carbocycles. The molecule has 100 valence electrons. The normalized spacial score (nSPS) is 18.6. The van der Waals surface area contributed by atoms with E-state index < -0.39 is 0 Å². The summed E-state index contributed by atoms with van der Waals surface area (Å²) in [5.74, 6) is 1.56. The van der Waals surface area contributed by atoms with E-state index >= 15 is 0 Å². The van der Waals surface area contributed by atoms with Crippen LogP contribution >= 0.6 is 0 Å². The molecule has 1 fully saturated rings. The van der Waals surface area contributed by atoms with E-state index in [-0.39, 0.29) is 0 Å². The molecule has 1 aromatic carbocycles. The van der Waals surface area contributed by atoms with Crippen LogP contribution in [0.25, 0.3) is 0 Å². The molecule has 3 heteroatoms. The van der Waals surface area contributed by atoms with Gasteiger partial charge in [-0.25, -0.2) is 0 Å². The molecule has 2 rings (SSSR count). The summed E-state index contributed by atoms with van der Waals surface area (Å²) in [5, 5.41) is 3.39. The Labute approximate surface area is 110 Å². The number of benzene rings is 1. The van der Waals surface area contributed by atoms with Gasteiger partial charge in [0.1, 0.15) is 5.75 Å². The van der Waals surface area contributed by atoms with Crippen molar-refractivity contribution in [3.63, 3.8) is 0 Å². The number of hydrogen-bond acceptors (Lipinski definition) is 3. The predicted octanol–water partition coefficient (Wildman–Crippen LogP) is 2.01. The van der Waals surface area contributed by atoms with Crippen LogP contribution in [-0.4, -0.2) is 44.7 Å². The number of rotatable bonds is 4. The maximum absolute atomic E-state index is 5.31. The van der Waals surface area contributed by atoms with Crippen molar-refractivity contribution in [1.29, 1.82) is 0 Å². The highest BCUT2D eigenvalue weighted by atomic mass is 16.5. The summed E-state index contributed by atoms with van der Waals surface area (Å²) in [6.45, 7) is 10.1. The van der Waals surface area contributed by atoms with E-state index in [0.29, 0.717) is 5.92 Å². The van der Waals surface area contributed by atoms with E-state index in [9.17, 15) is 0 Å². The Balaban J connectivity index is 1.99. The Bertz CT molecular complexity index is 386. The zero-order valence-electron chi connectivity index (χ0n) is 11.7. The molecule has 3 nitrogen and oxygen atoms in total. The van der Waals surface area contributed by atoms with Crippen molar-refractivity contribution >= 4 is 0 Å². The first-order valence-corrected chi connectivity index (χ1v) is 6.78. The minimum Gasteiger partial charge on any atom is -0.496 e. The number of methoxy groups -OCH3 is 1. The second kappa shape index (κ2) is 6.21. The van der Waals surface area contributed by atoms with Crippen LogP contribution in [0.4, 0.5) is 0 Å². The van der Waals surface area contributed by atoms with Gasteiger partial charge in [-0.15, -0.1) is 0 Å². The number of hydrogen-bond donors (Lipinski definition) is 1. The molecule has 0 amide bonds. The molecule has 0 aliphatic carbocycles. The highest BCUT2D eigenvalue weighted by Gasteiger charge is 2.14. The molecule has 1 atom stereocenters. The Morgan fingerprint density at radius 1 is 1.33 bits per heavy atom. The highest BCUT2D eigenvalue weighted by Crippen LogP contribution is 2.24. The third-order valence-electron chi connectivity index (χ3n) is 3.73. The maximum Gasteiger partial charge on any atom is 0.121 e. The van der Waals surface area contributed by atoms with Crippen molar-refractivity contribution in [3.05, 3.63) is 29.3 Å². The predicted molar refractivity (Wildman–Crippen MR) is 75.5 cm³/mol. The lowest BCUT2D eigenvalue weighted by Crippen LogP contribution is -2.44. The topological polar surface area (TPSA) is 24.5 Å². The van der Waals surface area contributed by atoms with Crippen molar-refractivity contribution in [2.75, 3.05) is 39.8 Å². The van der Waals surface area contributed by atoms with Gasteiger partial charge in [0.05, 0.1) is 7.11 Å². The molecular weight excluding hydrogens is 224 g/mol. The van der Waals surface area contributed by atoms with Crippen LogP contribution in [0, 0.1) is 6.92 Å². The first-order chi connectivity index (χ1) is 8.70. The zero-order valence-corrected chi connectivity index (χ0v) is 11.7. The number of aryl methyl sites for hydroxylation is 1. The van der Waals surface area contributed by atoms with E-state index in [0.717, 1.165) is 25.4 Å². The summed E-state index contributed by atoms with van der Waals surface area (Å²) in [7, 11) is 1.73. The molecule has 1 aliphatic heterocycles. The van der Waals surface area contributed by atoms with Crippen molar-refractivity contribution in [3.8, 4) is 5.75 Å². The minimum absolute atomic E-state index is 0.577. The Morgan fingerprint density at radius 2 is 2.06 bits per heavy atom. The highest BCUT2D eigenvalue weighted by molar-refractivity contribution is 5.37. The van der Waals surface area contributed by atoms with Crippen molar-refractivity contribution in [2.24, 2.45) is 0 Å². The standard InChI is InChI=1S/C15H24N2O/c1-12-10-14(4-5-15(12)18-3)13(2)11-17-8-6-16-7-9-17/h4-5,10,13,16H,6-9,11H2,1-3H3. The van der Waals surface area contributed by atoms with Crippen LogP contribution in [0.2, 0.25) is 0 Å². The molecule has 0 spiro atoms. The molecule has 1 aliphatic rings. The number of nitrogens with zero attached hydrogens (tertiary/aromatic N) is 1. The zero-order chi connectivity index (χ0) is 13.0. The largest absolute Gasteiger partial charge is 0.496 e. The summed E-state index contributed by atoms with van der Waals surface area (Å²) in [6.07, 6.45) is 0. The second-order valence-electron chi connectivity index (χ2n) is 5.18. The van der Waals surface area contributed by atoms with E-state index in [1.807, 2.05) is 0 Å². The molecule has 1 unspecified atom stereocenters. The molecule has 1 heterocycles. The third-order valence-corrected chi connectivity index (χ3v) is 3.73. The molecule has 0 radical (unpaired) electrons. The number of ether oxygens (including phenoxy) is 1. The van der Waals surface area contributed by atoms with E-state index in [1.54, 1.807) is 7.11 Å². The third kappa shape index (κ3) is 3.24. The summed E-state index contributed by atoms with van der Waals surface area (Å²) < 4.78 is 5.31. The molecule has 1 aromatic rings. The molecular formula is C15H24N2O. The van der Waals surface area contributed by atoms with Gasteiger partial charge < -0.3 is 15.0 Å². The van der Waals surface area contributed by atoms with E-state index in [2.05, 4.69) is 42.3 Å². The van der Waals surface area contributed by atoms with Crippen molar-refractivity contribution in [1.82, 2.24) is 10.2 Å². The Hall–Kier alpha value is -1.06. The second-order valence-corrected chi connectivity index (χ2v) is 5.18. The molecule has 18 heavy (non-hydrogen) atoms. The number of piperazine rings is 1. The smallest absolute Gasteiger partial charge is 0.121 e. The fourth-order valence-electron chi connectivity index (χ4n) is 2.59. The molecule has 0 aromatic heterocycles. The van der Waals surface area contributed by atoms with Crippen LogP contribution in [0.5, 0.6) is 5.75 Å². The maximum atomic E-state index is 5.31. The van der Waals surface area contributed by atoms with Gasteiger partial charge in [-0.1, -0.05) is 19.1 Å². The first kappa shape index (κ1) is 13.4. The molecule has 1 N–H and O–H groups in total. The Morgan fingerprint density at radius 3 is 2.67 bits per heavy atom. The quantitative estimate of drug-likeness (QED) is 0.882. The monoisotopic (exact) mass is 248 g/mol. The first-order valence-electron chi connectivity index (χ1n) is 6.78. The summed E-state index contributed by atoms with van der Waals surface area (Å²) in [6, 6.07) is 6.53. The van der Waals surface area contributed by atoms with Gasteiger partial charge in [-0.05, 0) is 30.0 Å². The summed E-state index contributed by atoms with van der Waals surface area (Å²) >= 11 is 0. The van der Waals surface area contributed by atoms with Gasteiger partial charge in [-0.3, -0.25) is 0 Å². The van der Waals surface area contributed by atoms with Crippen LogP contribution in [0.1, 0.15) is 24.0 Å². The van der Waals surface area contributed by atoms with Crippen molar-refractivity contribution < 1.29 is 4.74 Å². The number of nitrogens with one attached hydrogen (secondary N) is 1. The van der Waals surface area contributed by atoms with Crippen molar-refractivity contribution in [2.45, 2.75) is 19.8 Å². The Kier molecular flexibility index (Phi) is 4.61. The average molecular weight is 248 g/mol. The van der Waals surface area contributed by atoms with Gasteiger partial charge in [0.25, 0.3) is 0 Å². The summed E-state index contributed by atoms with van der Waals surface area (Å²) in [4.78, 5) is 2.54. The fraction of sp³-hybridized carbons (Fsp3) is 0.600. The summed E-state index contributed by atoms with van der Waals surface area (Å²) in [5.41, 5.74) is 2.63. The van der Waals surface area contributed by atoms with E-state index in [1.165, 1.54) is 24.2 Å². The van der Waals surface area contributed by atoms with Gasteiger partial charge in [0.2, 0.25) is 0 Å². The molecule has 0 bridgehead atoms. The van der Waals surface area contributed by atoms with E-state index in [4.69, 9.17) is 4.74 Å². The lowest BCUT2D eigenvalue weighted by Gasteiger charge is -2.30. The lowest BCUT2D eigenvalue weighted by molar-refractivity contribution is 0.230. The SMILES string of the molecule is COc1ccc(C(C)CN2CCNCC2)cc1C. The van der Waals surface area contributed by atoms with Crippen LogP contribution in [0.3, 0.4) is 0 Å². The van der Waals surface area contributed by atoms with Gasteiger partial charge in [0, 0.05) is 32.7 Å². The lowest BCUT2D eigenvalue weighted by atomic mass is 9.98. The van der Waals surface area contributed by atoms with Crippen LogP contribution in [0.15, 0.2) is 18.2 Å².